The summed E-state index contributed by atoms with van der Waals surface area (Å²) < 4.78 is 5.76. The Balaban J connectivity index is 1.92. The van der Waals surface area contributed by atoms with Crippen LogP contribution >= 0.6 is 0 Å². The van der Waals surface area contributed by atoms with Crippen LogP contribution in [0.4, 0.5) is 5.69 Å². The summed E-state index contributed by atoms with van der Waals surface area (Å²) in [6.07, 6.45) is 0. The fourth-order valence-electron chi connectivity index (χ4n) is 2.16. The predicted molar refractivity (Wildman–Crippen MR) is 81.0 cm³/mol. The van der Waals surface area contributed by atoms with Crippen LogP contribution in [0.2, 0.25) is 0 Å². The van der Waals surface area contributed by atoms with Gasteiger partial charge in [0.05, 0.1) is 6.54 Å². The van der Waals surface area contributed by atoms with E-state index in [1.54, 1.807) is 0 Å². The summed E-state index contributed by atoms with van der Waals surface area (Å²) in [7, 11) is 0. The monoisotopic (exact) mass is 255 g/mol. The van der Waals surface area contributed by atoms with Crippen molar-refractivity contribution in [1.29, 1.82) is 0 Å². The van der Waals surface area contributed by atoms with Crippen molar-refractivity contribution in [3.63, 3.8) is 0 Å². The first-order valence-corrected chi connectivity index (χ1v) is 6.79. The van der Waals surface area contributed by atoms with E-state index in [9.17, 15) is 0 Å². The van der Waals surface area contributed by atoms with Gasteiger partial charge in [0.15, 0.2) is 0 Å². The van der Waals surface area contributed by atoms with Crippen LogP contribution < -0.4 is 9.64 Å². The Hall–Kier alpha value is -1.96. The molecule has 100 valence electrons. The van der Waals surface area contributed by atoms with Gasteiger partial charge >= 0.3 is 0 Å². The third-order valence-electron chi connectivity index (χ3n) is 3.21. The molecule has 2 aromatic carbocycles. The molecule has 2 nitrogen and oxygen atoms in total. The van der Waals surface area contributed by atoms with E-state index in [-0.39, 0.29) is 0 Å². The summed E-state index contributed by atoms with van der Waals surface area (Å²) in [6, 6.07) is 18.4. The molecule has 0 bridgehead atoms. The lowest BCUT2D eigenvalue weighted by atomic mass is 10.2. The largest absolute Gasteiger partial charge is 0.492 e. The molecule has 2 aromatic rings. The summed E-state index contributed by atoms with van der Waals surface area (Å²) in [6.45, 7) is 6.91. The zero-order valence-corrected chi connectivity index (χ0v) is 11.7. The lowest BCUT2D eigenvalue weighted by molar-refractivity contribution is 0.324. The first-order chi connectivity index (χ1) is 9.31. The summed E-state index contributed by atoms with van der Waals surface area (Å²) in [5, 5.41) is 0. The number of likely N-dealkylation sites (N-methyl/N-ethyl adjacent to an activating group) is 1. The molecule has 0 aliphatic carbocycles. The Labute approximate surface area is 115 Å². The minimum absolute atomic E-state index is 0.701. The van der Waals surface area contributed by atoms with E-state index in [0.717, 1.165) is 18.8 Å². The standard InChI is InChI=1S/C17H21NO/c1-3-18(17-12-8-7-9-15(17)2)13-14-19-16-10-5-4-6-11-16/h4-12H,3,13-14H2,1-2H3. The van der Waals surface area contributed by atoms with Crippen LogP contribution in [0.15, 0.2) is 54.6 Å². The first kappa shape index (κ1) is 13.5. The van der Waals surface area contributed by atoms with Crippen molar-refractivity contribution in [3.8, 4) is 5.75 Å². The van der Waals surface area contributed by atoms with Crippen LogP contribution in [0.1, 0.15) is 12.5 Å². The van der Waals surface area contributed by atoms with Crippen LogP contribution in [0.3, 0.4) is 0 Å². The van der Waals surface area contributed by atoms with Crippen LogP contribution in [-0.4, -0.2) is 19.7 Å². The van der Waals surface area contributed by atoms with E-state index in [0.29, 0.717) is 6.61 Å². The van der Waals surface area contributed by atoms with Crippen molar-refractivity contribution in [3.05, 3.63) is 60.2 Å². The molecule has 0 aliphatic heterocycles. The molecular weight excluding hydrogens is 234 g/mol. The van der Waals surface area contributed by atoms with E-state index in [4.69, 9.17) is 4.74 Å². The van der Waals surface area contributed by atoms with E-state index in [2.05, 4.69) is 43.0 Å². The van der Waals surface area contributed by atoms with Crippen molar-refractivity contribution in [2.75, 3.05) is 24.6 Å². The van der Waals surface area contributed by atoms with Gasteiger partial charge < -0.3 is 9.64 Å². The Morgan fingerprint density at radius 2 is 1.63 bits per heavy atom. The molecule has 2 rings (SSSR count). The molecule has 0 atom stereocenters. The molecule has 0 saturated carbocycles. The molecular formula is C17H21NO. The highest BCUT2D eigenvalue weighted by Gasteiger charge is 2.06. The molecule has 19 heavy (non-hydrogen) atoms. The summed E-state index contributed by atoms with van der Waals surface area (Å²) in [5.41, 5.74) is 2.60. The van der Waals surface area contributed by atoms with Crippen LogP contribution in [0.5, 0.6) is 5.75 Å². The molecule has 0 fully saturated rings. The zero-order valence-electron chi connectivity index (χ0n) is 11.7. The van der Waals surface area contributed by atoms with Gasteiger partial charge in [0.1, 0.15) is 12.4 Å². The molecule has 2 heteroatoms. The number of para-hydroxylation sites is 2. The first-order valence-electron chi connectivity index (χ1n) is 6.79. The fourth-order valence-corrected chi connectivity index (χ4v) is 2.16. The molecule has 0 unspecified atom stereocenters. The Kier molecular flexibility index (Phi) is 4.85. The van der Waals surface area contributed by atoms with E-state index in [1.807, 2.05) is 30.3 Å². The minimum atomic E-state index is 0.701. The van der Waals surface area contributed by atoms with Gasteiger partial charge in [0.25, 0.3) is 0 Å². The van der Waals surface area contributed by atoms with Crippen molar-refractivity contribution >= 4 is 5.69 Å². The third-order valence-corrected chi connectivity index (χ3v) is 3.21. The quantitative estimate of drug-likeness (QED) is 0.776. The van der Waals surface area contributed by atoms with Gasteiger partial charge in [0.2, 0.25) is 0 Å². The lowest BCUT2D eigenvalue weighted by Crippen LogP contribution is -2.28. The maximum Gasteiger partial charge on any atom is 0.119 e. The number of rotatable bonds is 6. The van der Waals surface area contributed by atoms with E-state index in [1.165, 1.54) is 11.3 Å². The SMILES string of the molecule is CCN(CCOc1ccccc1)c1ccccc1C. The number of hydrogen-bond donors (Lipinski definition) is 0. The van der Waals surface area contributed by atoms with Crippen LogP contribution in [0, 0.1) is 6.92 Å². The molecule has 0 N–H and O–H groups in total. The van der Waals surface area contributed by atoms with Gasteiger partial charge in [-0.1, -0.05) is 36.4 Å². The molecule has 0 spiro atoms. The number of ether oxygens (including phenoxy) is 1. The smallest absolute Gasteiger partial charge is 0.119 e. The highest BCUT2D eigenvalue weighted by molar-refractivity contribution is 5.52. The van der Waals surface area contributed by atoms with Crippen molar-refractivity contribution < 1.29 is 4.74 Å². The second-order valence-electron chi connectivity index (χ2n) is 4.53. The van der Waals surface area contributed by atoms with E-state index < -0.39 is 0 Å². The molecule has 0 radical (unpaired) electrons. The topological polar surface area (TPSA) is 12.5 Å². The Bertz CT molecular complexity index is 496. The van der Waals surface area contributed by atoms with Crippen molar-refractivity contribution in [2.45, 2.75) is 13.8 Å². The third kappa shape index (κ3) is 3.75. The molecule has 0 heterocycles. The van der Waals surface area contributed by atoms with Crippen molar-refractivity contribution in [1.82, 2.24) is 0 Å². The summed E-state index contributed by atoms with van der Waals surface area (Å²) in [5.74, 6) is 0.934. The van der Waals surface area contributed by atoms with Gasteiger partial charge in [0, 0.05) is 12.2 Å². The number of anilines is 1. The highest BCUT2D eigenvalue weighted by Crippen LogP contribution is 2.19. The maximum atomic E-state index is 5.76. The van der Waals surface area contributed by atoms with Gasteiger partial charge in [-0.15, -0.1) is 0 Å². The lowest BCUT2D eigenvalue weighted by Gasteiger charge is -2.24. The average molecular weight is 255 g/mol. The normalized spacial score (nSPS) is 10.2. The molecule has 0 aromatic heterocycles. The van der Waals surface area contributed by atoms with E-state index >= 15 is 0 Å². The molecule has 0 amide bonds. The van der Waals surface area contributed by atoms with Gasteiger partial charge in [-0.25, -0.2) is 0 Å². The summed E-state index contributed by atoms with van der Waals surface area (Å²) in [4.78, 5) is 2.35. The summed E-state index contributed by atoms with van der Waals surface area (Å²) >= 11 is 0. The number of nitrogens with zero attached hydrogens (tertiary/aromatic N) is 1. The minimum Gasteiger partial charge on any atom is -0.492 e. The second kappa shape index (κ2) is 6.83. The number of benzene rings is 2. The highest BCUT2D eigenvalue weighted by atomic mass is 16.5. The second-order valence-corrected chi connectivity index (χ2v) is 4.53. The maximum absolute atomic E-state index is 5.76. The van der Waals surface area contributed by atoms with Gasteiger partial charge in [-0.05, 0) is 37.6 Å². The molecule has 0 saturated heterocycles. The Morgan fingerprint density at radius 3 is 2.32 bits per heavy atom. The predicted octanol–water partition coefficient (Wildman–Crippen LogP) is 3.90. The Morgan fingerprint density at radius 1 is 0.947 bits per heavy atom. The van der Waals surface area contributed by atoms with Gasteiger partial charge in [-0.2, -0.15) is 0 Å². The zero-order chi connectivity index (χ0) is 13.5. The van der Waals surface area contributed by atoms with Crippen LogP contribution in [-0.2, 0) is 0 Å². The fraction of sp³-hybridized carbons (Fsp3) is 0.294. The average Bonchev–Trinajstić information content (AvgIpc) is 2.46. The van der Waals surface area contributed by atoms with Gasteiger partial charge in [-0.3, -0.25) is 0 Å². The molecule has 0 aliphatic rings. The number of hydrogen-bond acceptors (Lipinski definition) is 2. The van der Waals surface area contributed by atoms with Crippen molar-refractivity contribution in [2.24, 2.45) is 0 Å². The number of aryl methyl sites for hydroxylation is 1. The van der Waals surface area contributed by atoms with Crippen LogP contribution in [0.25, 0.3) is 0 Å².